The number of nitrogens with two attached hydrogens (primary N) is 1. The van der Waals surface area contributed by atoms with E-state index >= 15 is 0 Å². The van der Waals surface area contributed by atoms with Crippen molar-refractivity contribution < 1.29 is 4.74 Å². The van der Waals surface area contributed by atoms with Gasteiger partial charge < -0.3 is 15.4 Å². The smallest absolute Gasteiger partial charge is 0.222 e. The van der Waals surface area contributed by atoms with Gasteiger partial charge in [0.1, 0.15) is 5.82 Å². The van der Waals surface area contributed by atoms with Gasteiger partial charge in [-0.3, -0.25) is 0 Å². The van der Waals surface area contributed by atoms with Crippen molar-refractivity contribution in [1.82, 2.24) is 9.97 Å². The van der Waals surface area contributed by atoms with Crippen LogP contribution in [0.4, 0.5) is 11.8 Å². The third-order valence-electron chi connectivity index (χ3n) is 4.10. The number of hydrogen-bond acceptors (Lipinski definition) is 6. The number of nitrogens with zero attached hydrogens (tertiary/aromatic N) is 4. The van der Waals surface area contributed by atoms with Gasteiger partial charge in [-0.2, -0.15) is 10.2 Å². The van der Waals surface area contributed by atoms with E-state index in [0.29, 0.717) is 18.5 Å². The number of ether oxygens (including phenoxy) is 1. The lowest BCUT2D eigenvalue weighted by Gasteiger charge is -2.30. The highest BCUT2D eigenvalue weighted by atomic mass is 16.5. The molecule has 2 saturated heterocycles. The normalized spacial score (nSPS) is 23.8. The molecule has 0 unspecified atom stereocenters. The molecule has 0 saturated carbocycles. The van der Waals surface area contributed by atoms with Crippen LogP contribution in [0.3, 0.4) is 0 Å². The van der Waals surface area contributed by atoms with Gasteiger partial charge in [-0.15, -0.1) is 0 Å². The van der Waals surface area contributed by atoms with Crippen LogP contribution in [0.2, 0.25) is 0 Å². The van der Waals surface area contributed by atoms with Crippen LogP contribution in [-0.4, -0.2) is 36.3 Å². The molecule has 20 heavy (non-hydrogen) atoms. The van der Waals surface area contributed by atoms with Gasteiger partial charge in [-0.1, -0.05) is 0 Å². The van der Waals surface area contributed by atoms with Crippen molar-refractivity contribution in [2.24, 2.45) is 5.92 Å². The predicted molar refractivity (Wildman–Crippen MR) is 75.2 cm³/mol. The molecule has 2 aliphatic rings. The third-order valence-corrected chi connectivity index (χ3v) is 4.10. The Morgan fingerprint density at radius 2 is 2.10 bits per heavy atom. The van der Waals surface area contributed by atoms with Gasteiger partial charge in [0.05, 0.1) is 18.4 Å². The minimum absolute atomic E-state index is 0.174. The standard InChI is InChI=1S/C14H19N5O/c15-8-10-1-4-19(5-2-10)13-7-12(17-14(16)18-13)11-3-6-20-9-11/h7,10-11H,1-6,9H2,(H2,16,17,18)/t11-/m0/s1. The maximum Gasteiger partial charge on any atom is 0.222 e. The Balaban J connectivity index is 1.78. The van der Waals surface area contributed by atoms with Crippen LogP contribution in [0.15, 0.2) is 6.07 Å². The molecule has 6 nitrogen and oxygen atoms in total. The summed E-state index contributed by atoms with van der Waals surface area (Å²) < 4.78 is 5.41. The lowest BCUT2D eigenvalue weighted by Crippen LogP contribution is -2.34. The molecule has 3 heterocycles. The van der Waals surface area contributed by atoms with Gasteiger partial charge in [0.15, 0.2) is 0 Å². The maximum absolute atomic E-state index is 8.95. The summed E-state index contributed by atoms with van der Waals surface area (Å²) in [6.45, 7) is 3.22. The Labute approximate surface area is 118 Å². The molecule has 0 aliphatic carbocycles. The van der Waals surface area contributed by atoms with E-state index in [-0.39, 0.29) is 5.92 Å². The molecule has 106 valence electrons. The molecule has 2 fully saturated rings. The molecule has 1 aromatic heterocycles. The van der Waals surface area contributed by atoms with Crippen LogP contribution in [-0.2, 0) is 4.74 Å². The van der Waals surface area contributed by atoms with Crippen LogP contribution in [0.5, 0.6) is 0 Å². The van der Waals surface area contributed by atoms with E-state index in [1.807, 2.05) is 6.07 Å². The van der Waals surface area contributed by atoms with Crippen LogP contribution in [0.1, 0.15) is 30.9 Å². The minimum Gasteiger partial charge on any atom is -0.381 e. The van der Waals surface area contributed by atoms with Gasteiger partial charge in [-0.25, -0.2) is 4.98 Å². The summed E-state index contributed by atoms with van der Waals surface area (Å²) in [5, 5.41) is 8.95. The van der Waals surface area contributed by atoms with Crippen LogP contribution in [0, 0.1) is 17.2 Å². The largest absolute Gasteiger partial charge is 0.381 e. The minimum atomic E-state index is 0.174. The number of anilines is 2. The van der Waals surface area contributed by atoms with E-state index < -0.39 is 0 Å². The first-order valence-electron chi connectivity index (χ1n) is 7.13. The number of aromatic nitrogens is 2. The van der Waals surface area contributed by atoms with Crippen molar-refractivity contribution in [1.29, 1.82) is 5.26 Å². The third kappa shape index (κ3) is 2.68. The average Bonchev–Trinajstić information content (AvgIpc) is 3.01. The molecule has 1 atom stereocenters. The van der Waals surface area contributed by atoms with E-state index in [4.69, 9.17) is 15.7 Å². The number of piperidine rings is 1. The van der Waals surface area contributed by atoms with Gasteiger partial charge >= 0.3 is 0 Å². The molecule has 1 aromatic rings. The fraction of sp³-hybridized carbons (Fsp3) is 0.643. The van der Waals surface area contributed by atoms with Crippen molar-refractivity contribution in [3.05, 3.63) is 11.8 Å². The second-order valence-electron chi connectivity index (χ2n) is 5.46. The van der Waals surface area contributed by atoms with E-state index in [1.54, 1.807) is 0 Å². The zero-order chi connectivity index (χ0) is 13.9. The molecular weight excluding hydrogens is 254 g/mol. The van der Waals surface area contributed by atoms with Gasteiger partial charge in [0, 0.05) is 37.6 Å². The number of hydrogen-bond donors (Lipinski definition) is 1. The lowest BCUT2D eigenvalue weighted by atomic mass is 9.98. The van der Waals surface area contributed by atoms with Crippen molar-refractivity contribution in [2.75, 3.05) is 36.9 Å². The van der Waals surface area contributed by atoms with E-state index in [2.05, 4.69) is 20.9 Å². The van der Waals surface area contributed by atoms with Crippen LogP contribution < -0.4 is 10.6 Å². The van der Waals surface area contributed by atoms with E-state index in [9.17, 15) is 0 Å². The first-order valence-corrected chi connectivity index (χ1v) is 7.13. The molecule has 2 aliphatic heterocycles. The van der Waals surface area contributed by atoms with Crippen molar-refractivity contribution in [2.45, 2.75) is 25.2 Å². The Morgan fingerprint density at radius 3 is 2.75 bits per heavy atom. The zero-order valence-corrected chi connectivity index (χ0v) is 11.5. The lowest BCUT2D eigenvalue weighted by molar-refractivity contribution is 0.193. The molecule has 2 N–H and O–H groups in total. The number of nitrogen functional groups attached to an aromatic ring is 1. The summed E-state index contributed by atoms with van der Waals surface area (Å²) in [5.41, 5.74) is 6.82. The highest BCUT2D eigenvalue weighted by molar-refractivity contribution is 5.45. The fourth-order valence-electron chi connectivity index (χ4n) is 2.85. The molecule has 6 heteroatoms. The summed E-state index contributed by atoms with van der Waals surface area (Å²) in [4.78, 5) is 10.9. The Hall–Kier alpha value is -1.87. The molecule has 0 bridgehead atoms. The molecule has 3 rings (SSSR count). The summed E-state index contributed by atoms with van der Waals surface area (Å²) in [6.07, 6.45) is 2.77. The van der Waals surface area contributed by atoms with Crippen molar-refractivity contribution in [3.63, 3.8) is 0 Å². The Morgan fingerprint density at radius 1 is 1.30 bits per heavy atom. The molecule has 0 amide bonds. The molecule has 0 aromatic carbocycles. The maximum atomic E-state index is 8.95. The highest BCUT2D eigenvalue weighted by Crippen LogP contribution is 2.28. The molecular formula is C14H19N5O. The zero-order valence-electron chi connectivity index (χ0n) is 11.5. The molecule has 0 radical (unpaired) electrons. The summed E-state index contributed by atoms with van der Waals surface area (Å²) >= 11 is 0. The van der Waals surface area contributed by atoms with Gasteiger partial charge in [0.25, 0.3) is 0 Å². The monoisotopic (exact) mass is 273 g/mol. The van der Waals surface area contributed by atoms with Crippen LogP contribution >= 0.6 is 0 Å². The first-order chi connectivity index (χ1) is 9.76. The highest BCUT2D eigenvalue weighted by Gasteiger charge is 2.24. The van der Waals surface area contributed by atoms with Crippen molar-refractivity contribution in [3.8, 4) is 6.07 Å². The second kappa shape index (κ2) is 5.63. The number of rotatable bonds is 2. The van der Waals surface area contributed by atoms with Gasteiger partial charge in [0.2, 0.25) is 5.95 Å². The van der Waals surface area contributed by atoms with E-state index in [0.717, 1.165) is 50.5 Å². The fourth-order valence-corrected chi connectivity index (χ4v) is 2.85. The first kappa shape index (κ1) is 13.1. The summed E-state index contributed by atoms with van der Waals surface area (Å²) in [6, 6.07) is 4.37. The van der Waals surface area contributed by atoms with Crippen LogP contribution in [0.25, 0.3) is 0 Å². The summed E-state index contributed by atoms with van der Waals surface area (Å²) in [5.74, 6) is 1.71. The summed E-state index contributed by atoms with van der Waals surface area (Å²) in [7, 11) is 0. The predicted octanol–water partition coefficient (Wildman–Crippen LogP) is 1.30. The van der Waals surface area contributed by atoms with E-state index in [1.165, 1.54) is 0 Å². The average molecular weight is 273 g/mol. The quantitative estimate of drug-likeness (QED) is 0.873. The Kier molecular flexibility index (Phi) is 3.70. The van der Waals surface area contributed by atoms with Gasteiger partial charge in [-0.05, 0) is 19.3 Å². The SMILES string of the molecule is N#CC1CCN(c2cc([C@H]3CCOC3)nc(N)n2)CC1. The molecule has 0 spiro atoms. The number of nitriles is 1. The van der Waals surface area contributed by atoms with Crippen molar-refractivity contribution >= 4 is 11.8 Å². The topological polar surface area (TPSA) is 88.1 Å². The Bertz CT molecular complexity index is 513. The second-order valence-corrected chi connectivity index (χ2v) is 5.46.